The number of hydrogen-bond acceptors (Lipinski definition) is 1. The molecule has 0 aromatic rings. The molecular formula is C9H16ClNO. The van der Waals surface area contributed by atoms with Gasteiger partial charge in [-0.25, -0.2) is 0 Å². The molecule has 1 saturated heterocycles. The summed E-state index contributed by atoms with van der Waals surface area (Å²) in [6.45, 7) is 3.50. The van der Waals surface area contributed by atoms with Crippen LogP contribution in [0.2, 0.25) is 0 Å². The van der Waals surface area contributed by atoms with Crippen molar-refractivity contribution in [3.63, 3.8) is 0 Å². The lowest BCUT2D eigenvalue weighted by molar-refractivity contribution is -0.130. The molecule has 0 saturated carbocycles. The van der Waals surface area contributed by atoms with E-state index in [0.717, 1.165) is 44.1 Å². The highest BCUT2D eigenvalue weighted by Crippen LogP contribution is 2.20. The molecule has 1 aliphatic heterocycles. The van der Waals surface area contributed by atoms with Gasteiger partial charge in [0, 0.05) is 25.9 Å². The Balaban J connectivity index is 2.25. The van der Waals surface area contributed by atoms with Gasteiger partial charge >= 0.3 is 0 Å². The zero-order valence-electron chi connectivity index (χ0n) is 7.55. The molecule has 0 bridgehead atoms. The molecule has 2 nitrogen and oxygen atoms in total. The third kappa shape index (κ3) is 2.67. The molecule has 0 aliphatic carbocycles. The Hall–Kier alpha value is -0.240. The van der Waals surface area contributed by atoms with E-state index in [1.807, 2.05) is 4.90 Å². The van der Waals surface area contributed by atoms with Crippen molar-refractivity contribution in [1.82, 2.24) is 4.90 Å². The van der Waals surface area contributed by atoms with Crippen LogP contribution in [-0.4, -0.2) is 29.8 Å². The molecule has 0 spiro atoms. The number of carbonyl (C=O) groups is 1. The number of hydrogen-bond donors (Lipinski definition) is 0. The Kier molecular flexibility index (Phi) is 3.86. The second-order valence-corrected chi connectivity index (χ2v) is 3.81. The van der Waals surface area contributed by atoms with Gasteiger partial charge < -0.3 is 4.90 Å². The molecular weight excluding hydrogens is 174 g/mol. The van der Waals surface area contributed by atoms with Crippen LogP contribution in [0.1, 0.15) is 26.2 Å². The highest BCUT2D eigenvalue weighted by atomic mass is 35.5. The third-order valence-corrected chi connectivity index (χ3v) is 2.80. The van der Waals surface area contributed by atoms with Crippen molar-refractivity contribution in [2.75, 3.05) is 19.0 Å². The number of likely N-dealkylation sites (tertiary alicyclic amines) is 1. The first-order chi connectivity index (χ1) is 5.74. The molecule has 3 heteroatoms. The molecule has 1 rings (SSSR count). The minimum Gasteiger partial charge on any atom is -0.343 e. The molecule has 0 atom stereocenters. The predicted molar refractivity (Wildman–Crippen MR) is 50.3 cm³/mol. The van der Waals surface area contributed by atoms with E-state index in [1.165, 1.54) is 0 Å². The number of piperidine rings is 1. The van der Waals surface area contributed by atoms with Crippen molar-refractivity contribution in [2.45, 2.75) is 26.2 Å². The molecule has 1 amide bonds. The van der Waals surface area contributed by atoms with Gasteiger partial charge in [0.2, 0.25) is 5.91 Å². The summed E-state index contributed by atoms with van der Waals surface area (Å²) in [5, 5.41) is 0. The maximum atomic E-state index is 11.0. The molecule has 1 aliphatic rings. The van der Waals surface area contributed by atoms with Crippen LogP contribution in [0.4, 0.5) is 0 Å². The smallest absolute Gasteiger partial charge is 0.219 e. The summed E-state index contributed by atoms with van der Waals surface area (Å²) in [4.78, 5) is 12.9. The number of carbonyl (C=O) groups excluding carboxylic acids is 1. The lowest BCUT2D eigenvalue weighted by atomic mass is 9.94. The van der Waals surface area contributed by atoms with Gasteiger partial charge in [-0.05, 0) is 25.2 Å². The number of nitrogens with zero attached hydrogens (tertiary/aromatic N) is 1. The lowest BCUT2D eigenvalue weighted by Crippen LogP contribution is -2.37. The van der Waals surface area contributed by atoms with E-state index in [2.05, 4.69) is 0 Å². The van der Waals surface area contributed by atoms with E-state index in [1.54, 1.807) is 6.92 Å². The highest BCUT2D eigenvalue weighted by molar-refractivity contribution is 6.17. The monoisotopic (exact) mass is 189 g/mol. The molecule has 1 fully saturated rings. The van der Waals surface area contributed by atoms with Gasteiger partial charge in [-0.15, -0.1) is 11.6 Å². The number of rotatable bonds is 2. The van der Waals surface area contributed by atoms with E-state index < -0.39 is 0 Å². The highest BCUT2D eigenvalue weighted by Gasteiger charge is 2.19. The molecule has 1 heterocycles. The van der Waals surface area contributed by atoms with E-state index >= 15 is 0 Å². The minimum atomic E-state index is 0.208. The largest absolute Gasteiger partial charge is 0.343 e. The van der Waals surface area contributed by atoms with E-state index in [0.29, 0.717) is 0 Å². The Labute approximate surface area is 78.9 Å². The topological polar surface area (TPSA) is 20.3 Å². The van der Waals surface area contributed by atoms with Crippen LogP contribution >= 0.6 is 11.6 Å². The summed E-state index contributed by atoms with van der Waals surface area (Å²) in [6.07, 6.45) is 3.37. The SMILES string of the molecule is CC(=O)N1CCC(CCCl)CC1. The van der Waals surface area contributed by atoms with Crippen molar-refractivity contribution in [3.05, 3.63) is 0 Å². The van der Waals surface area contributed by atoms with Crippen molar-refractivity contribution >= 4 is 17.5 Å². The summed E-state index contributed by atoms with van der Waals surface area (Å²) in [7, 11) is 0. The van der Waals surface area contributed by atoms with Crippen molar-refractivity contribution in [2.24, 2.45) is 5.92 Å². The standard InChI is InChI=1S/C9H16ClNO/c1-8(12)11-6-3-9(2-5-10)4-7-11/h9H,2-7H2,1H3. The fourth-order valence-corrected chi connectivity index (χ4v) is 2.00. The van der Waals surface area contributed by atoms with Gasteiger partial charge in [-0.1, -0.05) is 0 Å². The quantitative estimate of drug-likeness (QED) is 0.608. The molecule has 0 unspecified atom stereocenters. The van der Waals surface area contributed by atoms with Gasteiger partial charge in [0.25, 0.3) is 0 Å². The summed E-state index contributed by atoms with van der Waals surface area (Å²) < 4.78 is 0. The molecule has 0 N–H and O–H groups in total. The van der Waals surface area contributed by atoms with E-state index in [-0.39, 0.29) is 5.91 Å². The Bertz CT molecular complexity index is 153. The zero-order chi connectivity index (χ0) is 8.97. The van der Waals surface area contributed by atoms with Gasteiger partial charge in [-0.3, -0.25) is 4.79 Å². The first-order valence-electron chi connectivity index (χ1n) is 4.55. The molecule has 70 valence electrons. The van der Waals surface area contributed by atoms with Crippen LogP contribution in [0, 0.1) is 5.92 Å². The normalized spacial score (nSPS) is 19.7. The fraction of sp³-hybridized carbons (Fsp3) is 0.889. The number of amides is 1. The summed E-state index contributed by atoms with van der Waals surface area (Å²) >= 11 is 5.65. The predicted octanol–water partition coefficient (Wildman–Crippen LogP) is 1.87. The maximum Gasteiger partial charge on any atom is 0.219 e. The summed E-state index contributed by atoms with van der Waals surface area (Å²) in [5.74, 6) is 1.71. The average molecular weight is 190 g/mol. The van der Waals surface area contributed by atoms with Gasteiger partial charge in [0.1, 0.15) is 0 Å². The van der Waals surface area contributed by atoms with Crippen LogP contribution < -0.4 is 0 Å². The Morgan fingerprint density at radius 2 is 2.08 bits per heavy atom. The van der Waals surface area contributed by atoms with Gasteiger partial charge in [-0.2, -0.15) is 0 Å². The minimum absolute atomic E-state index is 0.208. The summed E-state index contributed by atoms with van der Waals surface area (Å²) in [5.41, 5.74) is 0. The fourth-order valence-electron chi connectivity index (χ4n) is 1.69. The Morgan fingerprint density at radius 1 is 1.50 bits per heavy atom. The third-order valence-electron chi connectivity index (χ3n) is 2.58. The molecule has 0 aromatic carbocycles. The van der Waals surface area contributed by atoms with Crippen molar-refractivity contribution in [1.29, 1.82) is 0 Å². The maximum absolute atomic E-state index is 11.0. The second kappa shape index (κ2) is 4.70. The molecule has 12 heavy (non-hydrogen) atoms. The molecule has 0 radical (unpaired) electrons. The lowest BCUT2D eigenvalue weighted by Gasteiger charge is -2.30. The van der Waals surface area contributed by atoms with Crippen molar-refractivity contribution in [3.8, 4) is 0 Å². The van der Waals surface area contributed by atoms with Gasteiger partial charge in [0.15, 0.2) is 0 Å². The van der Waals surface area contributed by atoms with Crippen LogP contribution in [0.15, 0.2) is 0 Å². The van der Waals surface area contributed by atoms with Crippen LogP contribution in [0.3, 0.4) is 0 Å². The van der Waals surface area contributed by atoms with Crippen molar-refractivity contribution < 1.29 is 4.79 Å². The number of alkyl halides is 1. The van der Waals surface area contributed by atoms with E-state index in [9.17, 15) is 4.79 Å². The number of halogens is 1. The van der Waals surface area contributed by atoms with Crippen LogP contribution in [0.25, 0.3) is 0 Å². The second-order valence-electron chi connectivity index (χ2n) is 3.43. The first-order valence-corrected chi connectivity index (χ1v) is 5.09. The van der Waals surface area contributed by atoms with E-state index in [4.69, 9.17) is 11.6 Å². The summed E-state index contributed by atoms with van der Waals surface area (Å²) in [6, 6.07) is 0. The average Bonchev–Trinajstić information content (AvgIpc) is 2.06. The first kappa shape index (κ1) is 9.85. The van der Waals surface area contributed by atoms with Gasteiger partial charge in [0.05, 0.1) is 0 Å². The van der Waals surface area contributed by atoms with Crippen LogP contribution in [0.5, 0.6) is 0 Å². The van der Waals surface area contributed by atoms with Crippen LogP contribution in [-0.2, 0) is 4.79 Å². The Morgan fingerprint density at radius 3 is 2.50 bits per heavy atom. The molecule has 0 aromatic heterocycles. The zero-order valence-corrected chi connectivity index (χ0v) is 8.31.